The number of hydrogen-bond donors (Lipinski definition) is 3. The van der Waals surface area contributed by atoms with Gasteiger partial charge in [0, 0.05) is 32.6 Å². The number of morpholine rings is 1. The van der Waals surface area contributed by atoms with Crippen LogP contribution in [0.2, 0.25) is 0 Å². The molecule has 1 aromatic rings. The largest absolute Gasteiger partial charge is 0.508 e. The number of aromatic hydroxyl groups is 1. The number of hydrogen-bond acceptors (Lipinski definition) is 5. The number of amides is 2. The number of carbonyl (C=O) groups is 2. The molecule has 29 heavy (non-hydrogen) atoms. The van der Waals surface area contributed by atoms with Gasteiger partial charge in [-0.15, -0.1) is 0 Å². The summed E-state index contributed by atoms with van der Waals surface area (Å²) in [4.78, 5) is 26.0. The Labute approximate surface area is 173 Å². The molecule has 2 aliphatic rings. The van der Waals surface area contributed by atoms with E-state index in [9.17, 15) is 14.7 Å². The molecule has 0 bridgehead atoms. The van der Waals surface area contributed by atoms with Crippen molar-refractivity contribution in [3.8, 4) is 5.75 Å². The molecule has 1 saturated carbocycles. The van der Waals surface area contributed by atoms with Crippen molar-refractivity contribution >= 4 is 11.8 Å². The van der Waals surface area contributed by atoms with Crippen LogP contribution in [-0.2, 0) is 20.7 Å². The van der Waals surface area contributed by atoms with E-state index in [-0.39, 0.29) is 37.1 Å². The van der Waals surface area contributed by atoms with Crippen LogP contribution in [0.4, 0.5) is 0 Å². The van der Waals surface area contributed by atoms with E-state index < -0.39 is 6.10 Å². The molecular weight excluding hydrogens is 370 g/mol. The third kappa shape index (κ3) is 6.18. The van der Waals surface area contributed by atoms with Gasteiger partial charge >= 0.3 is 0 Å². The van der Waals surface area contributed by atoms with E-state index in [2.05, 4.69) is 10.6 Å². The second-order valence-corrected chi connectivity index (χ2v) is 7.69. The SMILES string of the molecule is C.CC(=O)NCCCc1cc([C@@H](C)N(C(=O)[C@H]2CNCCO2)C2CC2)ccc1O. The van der Waals surface area contributed by atoms with E-state index in [1.54, 1.807) is 6.07 Å². The average molecular weight is 406 g/mol. The van der Waals surface area contributed by atoms with Crippen molar-refractivity contribution in [2.24, 2.45) is 0 Å². The van der Waals surface area contributed by atoms with Crippen LogP contribution in [0.3, 0.4) is 0 Å². The smallest absolute Gasteiger partial charge is 0.253 e. The summed E-state index contributed by atoms with van der Waals surface area (Å²) in [5.41, 5.74) is 1.85. The fourth-order valence-electron chi connectivity index (χ4n) is 3.70. The molecule has 1 aliphatic carbocycles. The summed E-state index contributed by atoms with van der Waals surface area (Å²) in [5, 5.41) is 16.2. The minimum Gasteiger partial charge on any atom is -0.508 e. The number of aryl methyl sites for hydroxylation is 1. The van der Waals surface area contributed by atoms with E-state index in [1.165, 1.54) is 6.92 Å². The first-order valence-corrected chi connectivity index (χ1v) is 10.2. The molecule has 7 nitrogen and oxygen atoms in total. The molecule has 0 spiro atoms. The summed E-state index contributed by atoms with van der Waals surface area (Å²) >= 11 is 0. The van der Waals surface area contributed by atoms with Crippen molar-refractivity contribution in [1.29, 1.82) is 0 Å². The summed E-state index contributed by atoms with van der Waals surface area (Å²) < 4.78 is 5.68. The standard InChI is InChI=1S/C21H31N3O4.CH4/c1-14(24(18-6-7-18)21(27)20-13-22-10-11-28-20)16-5-8-19(26)17(12-16)4-3-9-23-15(2)25;/h5,8,12,14,18,20,22,26H,3-4,6-7,9-11,13H2,1-2H3,(H,23,25);1H4/t14-,20-;/m1./s1. The fraction of sp³-hybridized carbons (Fsp3) is 0.636. The van der Waals surface area contributed by atoms with Crippen LogP contribution in [-0.4, -0.2) is 60.2 Å². The van der Waals surface area contributed by atoms with E-state index in [1.807, 2.05) is 24.0 Å². The number of ether oxygens (including phenoxy) is 1. The lowest BCUT2D eigenvalue weighted by Gasteiger charge is -2.34. The van der Waals surface area contributed by atoms with E-state index >= 15 is 0 Å². The maximum absolute atomic E-state index is 13.1. The lowest BCUT2D eigenvalue weighted by atomic mass is 9.99. The number of phenolic OH excluding ortho intramolecular Hbond substituents is 1. The van der Waals surface area contributed by atoms with Gasteiger partial charge in [0.1, 0.15) is 11.9 Å². The van der Waals surface area contributed by atoms with Crippen molar-refractivity contribution in [2.45, 2.75) is 65.1 Å². The van der Waals surface area contributed by atoms with E-state index in [0.29, 0.717) is 26.1 Å². The van der Waals surface area contributed by atoms with Crippen LogP contribution in [0.15, 0.2) is 18.2 Å². The Hall–Kier alpha value is -2.12. The summed E-state index contributed by atoms with van der Waals surface area (Å²) in [6.07, 6.45) is 3.04. The van der Waals surface area contributed by atoms with Crippen molar-refractivity contribution in [2.75, 3.05) is 26.2 Å². The number of benzene rings is 1. The Morgan fingerprint density at radius 1 is 1.38 bits per heavy atom. The van der Waals surface area contributed by atoms with Crippen molar-refractivity contribution in [3.05, 3.63) is 29.3 Å². The zero-order valence-corrected chi connectivity index (χ0v) is 16.7. The monoisotopic (exact) mass is 405 g/mol. The topological polar surface area (TPSA) is 90.9 Å². The Bertz CT molecular complexity index is 699. The van der Waals surface area contributed by atoms with Crippen molar-refractivity contribution in [1.82, 2.24) is 15.5 Å². The molecule has 3 rings (SSSR count). The second-order valence-electron chi connectivity index (χ2n) is 7.69. The predicted molar refractivity (Wildman–Crippen MR) is 113 cm³/mol. The Morgan fingerprint density at radius 3 is 2.76 bits per heavy atom. The molecule has 2 fully saturated rings. The molecule has 1 aromatic carbocycles. The molecule has 1 heterocycles. The minimum absolute atomic E-state index is 0. The first-order valence-electron chi connectivity index (χ1n) is 10.2. The van der Waals surface area contributed by atoms with Crippen LogP contribution < -0.4 is 10.6 Å². The summed E-state index contributed by atoms with van der Waals surface area (Å²) in [6.45, 7) is 6.00. The normalized spacial score (nSPS) is 19.7. The molecule has 0 unspecified atom stereocenters. The molecule has 1 saturated heterocycles. The van der Waals surface area contributed by atoms with Gasteiger partial charge in [0.05, 0.1) is 12.6 Å². The zero-order chi connectivity index (χ0) is 20.1. The molecule has 7 heteroatoms. The zero-order valence-electron chi connectivity index (χ0n) is 16.7. The predicted octanol–water partition coefficient (Wildman–Crippen LogP) is 2.14. The number of nitrogens with zero attached hydrogens (tertiary/aromatic N) is 1. The van der Waals surface area contributed by atoms with E-state index in [4.69, 9.17) is 4.74 Å². The highest BCUT2D eigenvalue weighted by atomic mass is 16.5. The molecular formula is C22H35N3O4. The van der Waals surface area contributed by atoms with Crippen LogP contribution in [0.5, 0.6) is 5.75 Å². The van der Waals surface area contributed by atoms with Crippen molar-refractivity contribution in [3.63, 3.8) is 0 Å². The van der Waals surface area contributed by atoms with Crippen LogP contribution in [0.1, 0.15) is 57.7 Å². The quantitative estimate of drug-likeness (QED) is 0.577. The van der Waals surface area contributed by atoms with Gasteiger partial charge in [-0.25, -0.2) is 0 Å². The first-order chi connectivity index (χ1) is 13.5. The molecule has 162 valence electrons. The van der Waals surface area contributed by atoms with Gasteiger partial charge in [-0.1, -0.05) is 19.6 Å². The van der Waals surface area contributed by atoms with Crippen LogP contribution in [0.25, 0.3) is 0 Å². The minimum atomic E-state index is -0.425. The average Bonchev–Trinajstić information content (AvgIpc) is 3.52. The van der Waals surface area contributed by atoms with Gasteiger partial charge in [0.25, 0.3) is 5.91 Å². The fourth-order valence-corrected chi connectivity index (χ4v) is 3.70. The van der Waals surface area contributed by atoms with Gasteiger partial charge in [-0.2, -0.15) is 0 Å². The van der Waals surface area contributed by atoms with Gasteiger partial charge in [-0.05, 0) is 49.8 Å². The highest BCUT2D eigenvalue weighted by Crippen LogP contribution is 2.36. The number of phenols is 1. The molecule has 2 atom stereocenters. The number of nitrogens with one attached hydrogen (secondary N) is 2. The van der Waals surface area contributed by atoms with Crippen molar-refractivity contribution < 1.29 is 19.4 Å². The maximum Gasteiger partial charge on any atom is 0.253 e. The van der Waals surface area contributed by atoms with Gasteiger partial charge in [-0.3, -0.25) is 9.59 Å². The highest BCUT2D eigenvalue weighted by molar-refractivity contribution is 5.82. The Balaban J connectivity index is 0.00000300. The van der Waals surface area contributed by atoms with Gasteiger partial charge < -0.3 is 25.4 Å². The third-order valence-electron chi connectivity index (χ3n) is 5.40. The molecule has 0 radical (unpaired) electrons. The van der Waals surface area contributed by atoms with E-state index in [0.717, 1.165) is 36.9 Å². The lowest BCUT2D eigenvalue weighted by Crippen LogP contribution is -2.50. The Kier molecular flexibility index (Phi) is 8.46. The molecule has 1 aliphatic heterocycles. The molecule has 0 aromatic heterocycles. The van der Waals surface area contributed by atoms with Crippen LogP contribution >= 0.6 is 0 Å². The molecule has 2 amide bonds. The summed E-state index contributed by atoms with van der Waals surface area (Å²) in [5.74, 6) is 0.245. The number of rotatable bonds is 8. The van der Waals surface area contributed by atoms with Crippen LogP contribution in [0, 0.1) is 0 Å². The maximum atomic E-state index is 13.1. The second kappa shape index (κ2) is 10.6. The summed E-state index contributed by atoms with van der Waals surface area (Å²) in [6, 6.07) is 5.76. The lowest BCUT2D eigenvalue weighted by molar-refractivity contribution is -0.148. The first kappa shape index (κ1) is 23.2. The summed E-state index contributed by atoms with van der Waals surface area (Å²) in [7, 11) is 0. The Morgan fingerprint density at radius 2 is 2.14 bits per heavy atom. The third-order valence-corrected chi connectivity index (χ3v) is 5.40. The highest BCUT2D eigenvalue weighted by Gasteiger charge is 2.39. The molecule has 3 N–H and O–H groups in total. The number of carbonyl (C=O) groups excluding carboxylic acids is 2. The van der Waals surface area contributed by atoms with Gasteiger partial charge in [0.15, 0.2) is 0 Å². The van der Waals surface area contributed by atoms with Gasteiger partial charge in [0.2, 0.25) is 5.91 Å².